The summed E-state index contributed by atoms with van der Waals surface area (Å²) in [5, 5.41) is 0. The molecule has 1 rings (SSSR count). The van der Waals surface area contributed by atoms with Crippen LogP contribution in [0.15, 0.2) is 30.8 Å². The third-order valence-electron chi connectivity index (χ3n) is 2.11. The highest BCUT2D eigenvalue weighted by Crippen LogP contribution is 2.17. The van der Waals surface area contributed by atoms with E-state index in [0.29, 0.717) is 0 Å². The molecule has 2 nitrogen and oxygen atoms in total. The van der Waals surface area contributed by atoms with Crippen LogP contribution in [-0.4, -0.2) is 6.08 Å². The number of hydrogen-bond donors (Lipinski definition) is 0. The molecule has 0 fully saturated rings. The summed E-state index contributed by atoms with van der Waals surface area (Å²) >= 11 is 0. The third kappa shape index (κ3) is 2.41. The van der Waals surface area contributed by atoms with Crippen molar-refractivity contribution in [2.75, 3.05) is 0 Å². The van der Waals surface area contributed by atoms with Crippen LogP contribution in [0.2, 0.25) is 0 Å². The smallest absolute Gasteiger partial charge is 0.154 e. The van der Waals surface area contributed by atoms with Gasteiger partial charge in [0, 0.05) is 12.5 Å². The summed E-state index contributed by atoms with van der Waals surface area (Å²) in [6.07, 6.45) is 1.57. The van der Waals surface area contributed by atoms with Crippen molar-refractivity contribution in [3.8, 4) is 0 Å². The van der Waals surface area contributed by atoms with Gasteiger partial charge < -0.3 is 0 Å². The Labute approximate surface area is 84.0 Å². The molecule has 0 N–H and O–H groups in total. The molecule has 0 aliphatic heterocycles. The maximum atomic E-state index is 10.1. The van der Waals surface area contributed by atoms with Gasteiger partial charge in [-0.3, -0.25) is 0 Å². The quantitative estimate of drug-likeness (QED) is 0.528. The minimum Gasteiger partial charge on any atom is -0.154 e. The normalized spacial score (nSPS) is 11.6. The van der Waals surface area contributed by atoms with Crippen LogP contribution >= 0.6 is 0 Å². The van der Waals surface area contributed by atoms with Gasteiger partial charge in [-0.2, -0.15) is 4.79 Å². The van der Waals surface area contributed by atoms with Crippen molar-refractivity contribution >= 4 is 11.7 Å². The highest BCUT2D eigenvalue weighted by atomic mass is 16.1. The molecule has 0 aromatic heterocycles. The number of rotatable bonds is 3. The van der Waals surface area contributed by atoms with Crippen LogP contribution < -0.4 is 4.99 Å². The predicted octanol–water partition coefficient (Wildman–Crippen LogP) is 2.45. The monoisotopic (exact) mass is 187 g/mol. The van der Waals surface area contributed by atoms with Crippen LogP contribution in [0.25, 0.3) is 5.57 Å². The molecule has 0 aliphatic rings. The largest absolute Gasteiger partial charge is 0.497 e. The fourth-order valence-electron chi connectivity index (χ4n) is 1.22. The first-order chi connectivity index (χ1) is 6.65. The number of allylic oxidation sites excluding steroid dienone is 1. The van der Waals surface area contributed by atoms with E-state index >= 15 is 0 Å². The minimum absolute atomic E-state index is 0.133. The molecule has 0 saturated heterocycles. The van der Waals surface area contributed by atoms with Gasteiger partial charge in [-0.1, -0.05) is 30.4 Å². The molecule has 0 saturated carbocycles. The van der Waals surface area contributed by atoms with Gasteiger partial charge in [0.25, 0.3) is 6.04 Å². The zero-order chi connectivity index (χ0) is 10.6. The minimum atomic E-state index is -0.133. The Kier molecular flexibility index (Phi) is 3.38. The number of nitrogens with zero attached hydrogens (tertiary/aromatic N) is 1. The zero-order valence-electron chi connectivity index (χ0n) is 8.45. The number of carbonyl (C=O) groups excluding carboxylic acids is 1. The summed E-state index contributed by atoms with van der Waals surface area (Å²) in [5.74, 6) is 0. The summed E-state index contributed by atoms with van der Waals surface area (Å²) in [7, 11) is 0. The molecule has 2 heteroatoms. The summed E-state index contributed by atoms with van der Waals surface area (Å²) in [6.45, 7) is 7.68. The Morgan fingerprint density at radius 2 is 2.29 bits per heavy atom. The van der Waals surface area contributed by atoms with Crippen molar-refractivity contribution in [3.63, 3.8) is 0 Å². The lowest BCUT2D eigenvalue weighted by Gasteiger charge is -2.01. The average molecular weight is 187 g/mol. The topological polar surface area (TPSA) is 31.2 Å². The maximum absolute atomic E-state index is 10.1. The molecule has 1 radical (unpaired) electrons. The van der Waals surface area contributed by atoms with E-state index in [2.05, 4.69) is 11.6 Å². The Balaban J connectivity index is 3.04. The number of hydrogen-bond acceptors (Lipinski definition) is 2. The summed E-state index contributed by atoms with van der Waals surface area (Å²) in [5.41, 5.74) is 3.10. The van der Waals surface area contributed by atoms with Gasteiger partial charge in [-0.15, -0.1) is 0 Å². The van der Waals surface area contributed by atoms with Crippen molar-refractivity contribution in [2.45, 2.75) is 19.9 Å². The van der Waals surface area contributed by atoms with Crippen LogP contribution in [-0.2, 0) is 4.79 Å². The molecule has 71 valence electrons. The number of aliphatic imine (C=N–C) groups is 1. The SMILES string of the molecule is C=C(C)c1cccc(C(C)[N+]=C=O)c1. The van der Waals surface area contributed by atoms with E-state index in [1.165, 1.54) is 0 Å². The second-order valence-electron chi connectivity index (χ2n) is 3.30. The molecule has 0 heterocycles. The Hall–Kier alpha value is -1.66. The van der Waals surface area contributed by atoms with Crippen molar-refractivity contribution in [1.82, 2.24) is 4.99 Å². The molecule has 14 heavy (non-hydrogen) atoms. The first kappa shape index (κ1) is 10.4. The molecular weight excluding hydrogens is 174 g/mol. The fourth-order valence-corrected chi connectivity index (χ4v) is 1.22. The number of benzene rings is 1. The third-order valence-corrected chi connectivity index (χ3v) is 2.11. The Morgan fingerprint density at radius 1 is 1.57 bits per heavy atom. The van der Waals surface area contributed by atoms with Crippen LogP contribution in [0, 0.1) is 0 Å². The van der Waals surface area contributed by atoms with E-state index in [0.717, 1.165) is 16.7 Å². The maximum Gasteiger partial charge on any atom is 0.497 e. The Bertz CT molecular complexity index is 389. The van der Waals surface area contributed by atoms with Crippen molar-refractivity contribution in [3.05, 3.63) is 42.0 Å². The summed E-state index contributed by atoms with van der Waals surface area (Å²) in [6, 6.07) is 7.73. The molecule has 1 atom stereocenters. The molecule has 0 bridgehead atoms. The first-order valence-corrected chi connectivity index (χ1v) is 4.48. The molecule has 1 unspecified atom stereocenters. The highest BCUT2D eigenvalue weighted by Gasteiger charge is 2.13. The van der Waals surface area contributed by atoms with Gasteiger partial charge in [-0.25, -0.2) is 0 Å². The standard InChI is InChI=1S/C12H13NO/c1-9(2)11-5-4-6-12(7-11)10(3)13-8-14/h4-7,10H,1H2,2-3H3/q+1. The van der Waals surface area contributed by atoms with Crippen LogP contribution in [0.5, 0.6) is 0 Å². The second kappa shape index (κ2) is 4.54. The average Bonchev–Trinajstić information content (AvgIpc) is 2.18. The predicted molar refractivity (Wildman–Crippen MR) is 57.4 cm³/mol. The number of isocyanates is 1. The van der Waals surface area contributed by atoms with Crippen molar-refractivity contribution < 1.29 is 4.79 Å². The van der Waals surface area contributed by atoms with Gasteiger partial charge in [0.15, 0.2) is 0 Å². The van der Waals surface area contributed by atoms with E-state index in [1.54, 1.807) is 6.08 Å². The molecule has 0 aliphatic carbocycles. The van der Waals surface area contributed by atoms with E-state index in [4.69, 9.17) is 0 Å². The van der Waals surface area contributed by atoms with Gasteiger partial charge in [0.2, 0.25) is 0 Å². The lowest BCUT2D eigenvalue weighted by Crippen LogP contribution is -1.99. The van der Waals surface area contributed by atoms with Crippen LogP contribution in [0.1, 0.15) is 31.0 Å². The van der Waals surface area contributed by atoms with E-state index in [-0.39, 0.29) is 6.04 Å². The second-order valence-corrected chi connectivity index (χ2v) is 3.30. The molecule has 1 aromatic rings. The van der Waals surface area contributed by atoms with E-state index in [1.807, 2.05) is 38.1 Å². The zero-order valence-corrected chi connectivity index (χ0v) is 8.45. The first-order valence-electron chi connectivity index (χ1n) is 4.48. The van der Waals surface area contributed by atoms with Crippen LogP contribution in [0.4, 0.5) is 0 Å². The van der Waals surface area contributed by atoms with Gasteiger partial charge in [0.1, 0.15) is 4.99 Å². The van der Waals surface area contributed by atoms with Gasteiger partial charge in [-0.05, 0) is 18.6 Å². The lowest BCUT2D eigenvalue weighted by molar-refractivity contribution is 0.552. The fraction of sp³-hybridized carbons (Fsp3) is 0.250. The van der Waals surface area contributed by atoms with Crippen molar-refractivity contribution in [1.29, 1.82) is 0 Å². The van der Waals surface area contributed by atoms with Gasteiger partial charge in [0.05, 0.1) is 0 Å². The van der Waals surface area contributed by atoms with Crippen molar-refractivity contribution in [2.24, 2.45) is 0 Å². The van der Waals surface area contributed by atoms with Crippen LogP contribution in [0.3, 0.4) is 0 Å². The molecule has 0 amide bonds. The Morgan fingerprint density at radius 3 is 2.86 bits per heavy atom. The lowest BCUT2D eigenvalue weighted by atomic mass is 10.0. The van der Waals surface area contributed by atoms with E-state index < -0.39 is 0 Å². The summed E-state index contributed by atoms with van der Waals surface area (Å²) < 4.78 is 0. The molecule has 1 aromatic carbocycles. The highest BCUT2D eigenvalue weighted by molar-refractivity contribution is 5.61. The van der Waals surface area contributed by atoms with E-state index in [9.17, 15) is 4.79 Å². The van der Waals surface area contributed by atoms with Gasteiger partial charge >= 0.3 is 6.08 Å². The summed E-state index contributed by atoms with van der Waals surface area (Å²) in [4.78, 5) is 13.8. The molecular formula is C12H13NO+. The molecule has 0 spiro atoms.